The van der Waals surface area contributed by atoms with Crippen LogP contribution in [-0.4, -0.2) is 29.5 Å². The van der Waals surface area contributed by atoms with E-state index in [1.807, 2.05) is 30.1 Å². The lowest BCUT2D eigenvalue weighted by molar-refractivity contribution is 0.171. The first-order valence-corrected chi connectivity index (χ1v) is 8.70. The van der Waals surface area contributed by atoms with Gasteiger partial charge in [0.05, 0.1) is 5.02 Å². The molecule has 0 unspecified atom stereocenters. The van der Waals surface area contributed by atoms with E-state index in [2.05, 4.69) is 30.3 Å². The molecule has 6 heteroatoms. The standard InChI is InChI=1S/C18H24ClN3O2/c1-12(2)14(16-4-5-21-22(16)3)11-20-10-13-8-15(19)18-17(9-13)23-6-7-24-18/h4-5,8-9,12,14,20H,6-7,10-11H2,1-3H3/t14-/m0/s1. The molecule has 1 aromatic heterocycles. The lowest BCUT2D eigenvalue weighted by Crippen LogP contribution is -2.26. The third-order valence-electron chi connectivity index (χ3n) is 4.39. The minimum Gasteiger partial charge on any atom is -0.486 e. The molecule has 0 bridgehead atoms. The minimum absolute atomic E-state index is 0.408. The Bertz CT molecular complexity index is 700. The predicted octanol–water partition coefficient (Wildman–Crippen LogP) is 3.37. The average Bonchev–Trinajstić information content (AvgIpc) is 2.97. The Morgan fingerprint density at radius 3 is 2.79 bits per heavy atom. The molecule has 0 aliphatic carbocycles. The highest BCUT2D eigenvalue weighted by atomic mass is 35.5. The third-order valence-corrected chi connectivity index (χ3v) is 4.67. The highest BCUT2D eigenvalue weighted by molar-refractivity contribution is 6.32. The van der Waals surface area contributed by atoms with Crippen LogP contribution in [-0.2, 0) is 13.6 Å². The van der Waals surface area contributed by atoms with Gasteiger partial charge in [0.1, 0.15) is 13.2 Å². The van der Waals surface area contributed by atoms with Gasteiger partial charge < -0.3 is 14.8 Å². The Kier molecular flexibility index (Phi) is 5.31. The molecule has 0 radical (unpaired) electrons. The van der Waals surface area contributed by atoms with Crippen LogP contribution in [0.5, 0.6) is 11.5 Å². The molecule has 5 nitrogen and oxygen atoms in total. The fourth-order valence-corrected chi connectivity index (χ4v) is 3.36. The molecule has 3 rings (SSSR count). The second-order valence-corrected chi connectivity index (χ2v) is 6.87. The topological polar surface area (TPSA) is 48.3 Å². The van der Waals surface area contributed by atoms with Crippen molar-refractivity contribution in [3.63, 3.8) is 0 Å². The molecule has 1 aliphatic rings. The highest BCUT2D eigenvalue weighted by Crippen LogP contribution is 2.38. The monoisotopic (exact) mass is 349 g/mol. The summed E-state index contributed by atoms with van der Waals surface area (Å²) in [4.78, 5) is 0. The van der Waals surface area contributed by atoms with Crippen LogP contribution >= 0.6 is 11.6 Å². The molecule has 1 aliphatic heterocycles. The van der Waals surface area contributed by atoms with E-state index in [4.69, 9.17) is 21.1 Å². The molecular weight excluding hydrogens is 326 g/mol. The first-order valence-electron chi connectivity index (χ1n) is 8.33. The zero-order valence-corrected chi connectivity index (χ0v) is 15.1. The molecule has 0 amide bonds. The summed E-state index contributed by atoms with van der Waals surface area (Å²) < 4.78 is 13.1. The lowest BCUT2D eigenvalue weighted by Gasteiger charge is -2.23. The summed E-state index contributed by atoms with van der Waals surface area (Å²) in [6.07, 6.45) is 1.85. The van der Waals surface area contributed by atoms with E-state index in [0.29, 0.717) is 35.8 Å². The lowest BCUT2D eigenvalue weighted by atomic mass is 9.92. The highest BCUT2D eigenvalue weighted by Gasteiger charge is 2.19. The molecule has 130 valence electrons. The fraction of sp³-hybridized carbons (Fsp3) is 0.500. The van der Waals surface area contributed by atoms with Gasteiger partial charge in [-0.2, -0.15) is 5.10 Å². The van der Waals surface area contributed by atoms with Crippen LogP contribution in [0.25, 0.3) is 0 Å². The average molecular weight is 350 g/mol. The molecule has 1 atom stereocenters. The first kappa shape index (κ1) is 17.1. The van der Waals surface area contributed by atoms with Gasteiger partial charge in [0.2, 0.25) is 0 Å². The van der Waals surface area contributed by atoms with Crippen LogP contribution in [0, 0.1) is 5.92 Å². The summed E-state index contributed by atoms with van der Waals surface area (Å²) in [5, 5.41) is 8.43. The number of hydrogen-bond acceptors (Lipinski definition) is 4. The zero-order chi connectivity index (χ0) is 17.1. The van der Waals surface area contributed by atoms with E-state index in [1.54, 1.807) is 0 Å². The number of rotatable bonds is 6. The number of nitrogens with one attached hydrogen (secondary N) is 1. The second kappa shape index (κ2) is 7.45. The van der Waals surface area contributed by atoms with Crippen molar-refractivity contribution in [2.45, 2.75) is 26.3 Å². The van der Waals surface area contributed by atoms with Gasteiger partial charge in [-0.1, -0.05) is 25.4 Å². The van der Waals surface area contributed by atoms with Crippen LogP contribution < -0.4 is 14.8 Å². The van der Waals surface area contributed by atoms with Crippen LogP contribution in [0.15, 0.2) is 24.4 Å². The van der Waals surface area contributed by atoms with E-state index in [0.717, 1.165) is 24.4 Å². The first-order chi connectivity index (χ1) is 11.6. The molecule has 1 N–H and O–H groups in total. The van der Waals surface area contributed by atoms with Gasteiger partial charge in [-0.05, 0) is 29.7 Å². The smallest absolute Gasteiger partial charge is 0.179 e. The normalized spacial score (nSPS) is 14.9. The quantitative estimate of drug-likeness (QED) is 0.868. The number of hydrogen-bond donors (Lipinski definition) is 1. The van der Waals surface area contributed by atoms with E-state index >= 15 is 0 Å². The van der Waals surface area contributed by atoms with Crippen molar-refractivity contribution in [3.05, 3.63) is 40.7 Å². The molecule has 0 spiro atoms. The number of aromatic nitrogens is 2. The van der Waals surface area contributed by atoms with Crippen molar-refractivity contribution in [2.24, 2.45) is 13.0 Å². The summed E-state index contributed by atoms with van der Waals surface area (Å²) in [5.41, 5.74) is 2.34. The van der Waals surface area contributed by atoms with Gasteiger partial charge in [-0.25, -0.2) is 0 Å². The number of nitrogens with zero attached hydrogens (tertiary/aromatic N) is 2. The minimum atomic E-state index is 0.408. The van der Waals surface area contributed by atoms with Gasteiger partial charge in [0.15, 0.2) is 11.5 Å². The Morgan fingerprint density at radius 1 is 1.29 bits per heavy atom. The van der Waals surface area contributed by atoms with Crippen molar-refractivity contribution in [3.8, 4) is 11.5 Å². The largest absolute Gasteiger partial charge is 0.486 e. The predicted molar refractivity (Wildman–Crippen MR) is 94.9 cm³/mol. The van der Waals surface area contributed by atoms with Crippen molar-refractivity contribution in [2.75, 3.05) is 19.8 Å². The number of aryl methyl sites for hydroxylation is 1. The second-order valence-electron chi connectivity index (χ2n) is 6.46. The Morgan fingerprint density at radius 2 is 2.08 bits per heavy atom. The van der Waals surface area contributed by atoms with Crippen molar-refractivity contribution < 1.29 is 9.47 Å². The summed E-state index contributed by atoms with van der Waals surface area (Å²) in [6.45, 7) is 7.20. The summed E-state index contributed by atoms with van der Waals surface area (Å²) in [7, 11) is 1.99. The molecule has 0 saturated heterocycles. The fourth-order valence-electron chi connectivity index (χ4n) is 3.07. The maximum Gasteiger partial charge on any atom is 0.179 e. The van der Waals surface area contributed by atoms with Crippen molar-refractivity contribution in [1.29, 1.82) is 0 Å². The third kappa shape index (κ3) is 3.68. The number of ether oxygens (including phenoxy) is 2. The van der Waals surface area contributed by atoms with Gasteiger partial charge in [-0.15, -0.1) is 0 Å². The van der Waals surface area contributed by atoms with Gasteiger partial charge in [-0.3, -0.25) is 4.68 Å². The Hall–Kier alpha value is -1.72. The molecule has 2 aromatic rings. The van der Waals surface area contributed by atoms with Gasteiger partial charge in [0.25, 0.3) is 0 Å². The van der Waals surface area contributed by atoms with Crippen LogP contribution in [0.3, 0.4) is 0 Å². The Labute approximate surface area is 147 Å². The molecule has 2 heterocycles. The molecule has 0 fully saturated rings. The van der Waals surface area contributed by atoms with E-state index < -0.39 is 0 Å². The maximum atomic E-state index is 6.30. The van der Waals surface area contributed by atoms with Gasteiger partial charge >= 0.3 is 0 Å². The van der Waals surface area contributed by atoms with Gasteiger partial charge in [0, 0.05) is 37.9 Å². The Balaban J connectivity index is 1.65. The maximum absolute atomic E-state index is 6.30. The number of benzene rings is 1. The summed E-state index contributed by atoms with van der Waals surface area (Å²) in [5.74, 6) is 2.32. The molecule has 0 saturated carbocycles. The van der Waals surface area contributed by atoms with Crippen LogP contribution in [0.2, 0.25) is 5.02 Å². The molecular formula is C18H24ClN3O2. The van der Waals surface area contributed by atoms with E-state index in [9.17, 15) is 0 Å². The SMILES string of the molecule is CC(C)[C@H](CNCc1cc(Cl)c2c(c1)OCCO2)c1ccnn1C. The van der Waals surface area contributed by atoms with Crippen molar-refractivity contribution >= 4 is 11.6 Å². The van der Waals surface area contributed by atoms with Crippen LogP contribution in [0.1, 0.15) is 31.0 Å². The van der Waals surface area contributed by atoms with E-state index in [1.165, 1.54) is 5.69 Å². The van der Waals surface area contributed by atoms with Crippen molar-refractivity contribution in [1.82, 2.24) is 15.1 Å². The van der Waals surface area contributed by atoms with Crippen LogP contribution in [0.4, 0.5) is 0 Å². The molecule has 24 heavy (non-hydrogen) atoms. The van der Waals surface area contributed by atoms with E-state index in [-0.39, 0.29) is 0 Å². The zero-order valence-electron chi connectivity index (χ0n) is 14.4. The number of fused-ring (bicyclic) bond motifs is 1. The summed E-state index contributed by atoms with van der Waals surface area (Å²) in [6, 6.07) is 6.03. The molecule has 1 aromatic carbocycles. The summed E-state index contributed by atoms with van der Waals surface area (Å²) >= 11 is 6.30. The number of halogens is 1.